The number of hydrogen-bond acceptors (Lipinski definition) is 8. The Kier molecular flexibility index (Phi) is 16.7. The van der Waals surface area contributed by atoms with Crippen LogP contribution in [0, 0.1) is 0 Å². The van der Waals surface area contributed by atoms with Gasteiger partial charge in [-0.2, -0.15) is 47.0 Å². The van der Waals surface area contributed by atoms with Crippen molar-refractivity contribution in [1.82, 2.24) is 0 Å². The summed E-state index contributed by atoms with van der Waals surface area (Å²) >= 11 is 14.5. The maximum atomic E-state index is 9.15. The topological polar surface area (TPSA) is 80.9 Å². The molecule has 0 spiro atoms. The second kappa shape index (κ2) is 17.0. The molecule has 0 heterocycles. The zero-order chi connectivity index (χ0) is 20.8. The van der Waals surface area contributed by atoms with Gasteiger partial charge in [0.2, 0.25) is 0 Å². The van der Waals surface area contributed by atoms with E-state index in [0.29, 0.717) is 23.0 Å². The first-order valence-electron chi connectivity index (χ1n) is 8.87. The predicted molar refractivity (Wildman–Crippen MR) is 135 cm³/mol. The molecule has 0 fully saturated rings. The average Bonchev–Trinajstić information content (AvgIpc) is 2.69. The Hall–Kier alpha value is 1.42. The van der Waals surface area contributed by atoms with E-state index in [1.165, 1.54) is 22.3 Å². The van der Waals surface area contributed by atoms with Crippen LogP contribution in [0.15, 0.2) is 8.95 Å². The fraction of sp³-hybridized carbons (Fsp3) is 0.667. The van der Waals surface area contributed by atoms with Gasteiger partial charge in [0.05, 0.1) is 26.4 Å². The van der Waals surface area contributed by atoms with Crippen LogP contribution in [-0.4, -0.2) is 69.9 Å². The van der Waals surface area contributed by atoms with Crippen molar-refractivity contribution in [2.24, 2.45) is 0 Å². The van der Waals surface area contributed by atoms with Crippen molar-refractivity contribution in [3.05, 3.63) is 31.2 Å². The van der Waals surface area contributed by atoms with Gasteiger partial charge in [-0.3, -0.25) is 0 Å². The van der Waals surface area contributed by atoms with E-state index in [1.54, 1.807) is 47.0 Å². The lowest BCUT2D eigenvalue weighted by molar-refractivity contribution is 0.322. The third-order valence-corrected chi connectivity index (χ3v) is 9.49. The van der Waals surface area contributed by atoms with E-state index < -0.39 is 0 Å². The van der Waals surface area contributed by atoms with Gasteiger partial charge in [-0.1, -0.05) is 31.9 Å². The maximum absolute atomic E-state index is 9.15. The number of aliphatic hydroxyl groups is 4. The molecule has 4 N–H and O–H groups in total. The predicted octanol–water partition coefficient (Wildman–Crippen LogP) is 4.11. The molecule has 0 aromatic heterocycles. The van der Waals surface area contributed by atoms with Crippen molar-refractivity contribution < 1.29 is 20.4 Å². The summed E-state index contributed by atoms with van der Waals surface area (Å²) in [6.07, 6.45) is 0. The van der Waals surface area contributed by atoms with E-state index in [9.17, 15) is 0 Å². The van der Waals surface area contributed by atoms with Gasteiger partial charge in [-0.25, -0.2) is 0 Å². The number of aliphatic hydroxyl groups excluding tert-OH is 4. The monoisotopic (exact) mass is 594 g/mol. The van der Waals surface area contributed by atoms with Crippen molar-refractivity contribution in [3.63, 3.8) is 0 Å². The van der Waals surface area contributed by atoms with Crippen molar-refractivity contribution in [2.75, 3.05) is 49.4 Å². The molecule has 1 aromatic rings. The lowest BCUT2D eigenvalue weighted by Crippen LogP contribution is -2.06. The van der Waals surface area contributed by atoms with Crippen LogP contribution < -0.4 is 0 Å². The average molecular weight is 596 g/mol. The molecule has 4 nitrogen and oxygen atoms in total. The Bertz CT molecular complexity index is 485. The summed E-state index contributed by atoms with van der Waals surface area (Å²) in [5.41, 5.74) is 4.91. The molecule has 0 aliphatic rings. The van der Waals surface area contributed by atoms with Crippen molar-refractivity contribution in [1.29, 1.82) is 0 Å². The highest BCUT2D eigenvalue weighted by atomic mass is 79.9. The third kappa shape index (κ3) is 9.28. The quantitative estimate of drug-likeness (QED) is 0.213. The summed E-state index contributed by atoms with van der Waals surface area (Å²) in [6.45, 7) is 0.639. The summed E-state index contributed by atoms with van der Waals surface area (Å²) < 4.78 is 2.21. The van der Waals surface area contributed by atoms with Gasteiger partial charge in [0.1, 0.15) is 0 Å². The molecule has 0 bridgehead atoms. The summed E-state index contributed by atoms with van der Waals surface area (Å²) in [6, 6.07) is 0. The first-order chi connectivity index (χ1) is 13.6. The van der Waals surface area contributed by atoms with Crippen LogP contribution in [0.25, 0.3) is 0 Å². The van der Waals surface area contributed by atoms with Crippen molar-refractivity contribution in [3.8, 4) is 0 Å². The minimum Gasteiger partial charge on any atom is -0.396 e. The van der Waals surface area contributed by atoms with E-state index >= 15 is 0 Å². The van der Waals surface area contributed by atoms with E-state index in [1.807, 2.05) is 0 Å². The molecule has 0 unspecified atom stereocenters. The van der Waals surface area contributed by atoms with E-state index in [-0.39, 0.29) is 26.4 Å². The van der Waals surface area contributed by atoms with Crippen LogP contribution >= 0.6 is 78.9 Å². The largest absolute Gasteiger partial charge is 0.396 e. The molecule has 0 amide bonds. The minimum absolute atomic E-state index is 0.160. The number of thioether (sulfide) groups is 4. The SMILES string of the molecule is OCCSCc1c(Br)c(CSCCO)c(CSCCO)c(Br)c1CSCCO. The zero-order valence-electron chi connectivity index (χ0n) is 15.7. The number of halogens is 2. The Balaban J connectivity index is 3.30. The highest BCUT2D eigenvalue weighted by molar-refractivity contribution is 9.11. The highest BCUT2D eigenvalue weighted by Gasteiger charge is 2.21. The number of rotatable bonds is 16. The molecule has 10 heteroatoms. The van der Waals surface area contributed by atoms with Crippen LogP contribution in [0.2, 0.25) is 0 Å². The van der Waals surface area contributed by atoms with Gasteiger partial charge in [0.15, 0.2) is 0 Å². The molecule has 0 aliphatic carbocycles. The number of benzene rings is 1. The summed E-state index contributed by atoms with van der Waals surface area (Å²) in [7, 11) is 0. The third-order valence-electron chi connectivity index (χ3n) is 3.72. The van der Waals surface area contributed by atoms with E-state index in [2.05, 4.69) is 31.9 Å². The van der Waals surface area contributed by atoms with Gasteiger partial charge in [-0.15, -0.1) is 0 Å². The second-order valence-corrected chi connectivity index (χ2v) is 11.7. The second-order valence-electron chi connectivity index (χ2n) is 5.65. The molecule has 28 heavy (non-hydrogen) atoms. The standard InChI is InChI=1S/C18H28Br2O4S4/c19-17-13(9-25-5-1-21)14(10-26-6-2-22)18(20)16(12-28-8-4-24)15(17)11-27-7-3-23/h21-24H,1-12H2. The lowest BCUT2D eigenvalue weighted by Gasteiger charge is -2.22. The zero-order valence-corrected chi connectivity index (χ0v) is 22.1. The van der Waals surface area contributed by atoms with Gasteiger partial charge < -0.3 is 20.4 Å². The molecule has 1 aromatic carbocycles. The van der Waals surface area contributed by atoms with E-state index in [0.717, 1.165) is 32.0 Å². The fourth-order valence-electron chi connectivity index (χ4n) is 2.45. The van der Waals surface area contributed by atoms with Gasteiger partial charge in [-0.05, 0) is 22.3 Å². The molecule has 0 atom stereocenters. The Morgan fingerprint density at radius 1 is 0.464 bits per heavy atom. The van der Waals surface area contributed by atoms with Gasteiger partial charge in [0.25, 0.3) is 0 Å². The molecular formula is C18H28Br2O4S4. The Labute approximate surface area is 201 Å². The van der Waals surface area contributed by atoms with Crippen LogP contribution in [0.3, 0.4) is 0 Å². The number of hydrogen-bond donors (Lipinski definition) is 4. The van der Waals surface area contributed by atoms with Crippen molar-refractivity contribution >= 4 is 78.9 Å². The molecule has 0 radical (unpaired) electrons. The fourth-order valence-corrected chi connectivity index (χ4v) is 7.90. The Morgan fingerprint density at radius 3 is 0.857 bits per heavy atom. The molecule has 0 saturated heterocycles. The van der Waals surface area contributed by atoms with E-state index in [4.69, 9.17) is 20.4 Å². The highest BCUT2D eigenvalue weighted by Crippen LogP contribution is 2.42. The van der Waals surface area contributed by atoms with Crippen molar-refractivity contribution in [2.45, 2.75) is 23.0 Å². The smallest absolute Gasteiger partial charge is 0.0521 e. The van der Waals surface area contributed by atoms with Crippen LogP contribution in [-0.2, 0) is 23.0 Å². The van der Waals surface area contributed by atoms with Crippen LogP contribution in [0.5, 0.6) is 0 Å². The summed E-state index contributed by atoms with van der Waals surface area (Å²) in [5.74, 6) is 5.97. The summed E-state index contributed by atoms with van der Waals surface area (Å²) in [5, 5.41) is 36.6. The van der Waals surface area contributed by atoms with Gasteiger partial charge in [0, 0.05) is 55.0 Å². The first-order valence-corrected chi connectivity index (χ1v) is 15.1. The molecule has 1 rings (SSSR count). The molecule has 0 saturated carbocycles. The van der Waals surface area contributed by atoms with Crippen LogP contribution in [0.1, 0.15) is 22.3 Å². The first kappa shape index (κ1) is 27.5. The summed E-state index contributed by atoms with van der Waals surface area (Å²) in [4.78, 5) is 0. The molecule has 0 aliphatic heterocycles. The maximum Gasteiger partial charge on any atom is 0.0521 e. The molecule has 162 valence electrons. The lowest BCUT2D eigenvalue weighted by atomic mass is 10.0. The Morgan fingerprint density at radius 2 is 0.679 bits per heavy atom. The molecular weight excluding hydrogens is 568 g/mol. The normalized spacial score (nSPS) is 11.4. The van der Waals surface area contributed by atoms with Gasteiger partial charge >= 0.3 is 0 Å². The minimum atomic E-state index is 0.160. The van der Waals surface area contributed by atoms with Crippen LogP contribution in [0.4, 0.5) is 0 Å².